The van der Waals surface area contributed by atoms with Gasteiger partial charge in [-0.05, 0) is 56.4 Å². The molecule has 0 aromatic heterocycles. The summed E-state index contributed by atoms with van der Waals surface area (Å²) in [7, 11) is 0. The van der Waals surface area contributed by atoms with E-state index in [9.17, 15) is 0 Å². The Labute approximate surface area is 120 Å². The van der Waals surface area contributed by atoms with E-state index in [4.69, 9.17) is 11.1 Å². The number of fused-ring (bicyclic) bond motifs is 1. The second-order valence-electron chi connectivity index (χ2n) is 5.92. The predicted molar refractivity (Wildman–Crippen MR) is 83.1 cm³/mol. The van der Waals surface area contributed by atoms with Crippen molar-refractivity contribution in [3.63, 3.8) is 0 Å². The molecule has 3 heteroatoms. The number of hydrogen-bond acceptors (Lipinski definition) is 3. The van der Waals surface area contributed by atoms with Gasteiger partial charge in [0.05, 0.1) is 16.8 Å². The minimum Gasteiger partial charge on any atom is -0.399 e. The average Bonchev–Trinajstić information content (AvgIpc) is 2.71. The van der Waals surface area contributed by atoms with Gasteiger partial charge >= 0.3 is 0 Å². The minimum absolute atomic E-state index is 0.203. The Morgan fingerprint density at radius 3 is 2.90 bits per heavy atom. The van der Waals surface area contributed by atoms with Gasteiger partial charge < -0.3 is 16.5 Å². The number of allylic oxidation sites excluding steroid dienone is 9. The van der Waals surface area contributed by atoms with Crippen LogP contribution in [-0.4, -0.2) is 5.71 Å². The molecule has 1 aliphatic heterocycles. The fraction of sp³-hybridized carbons (Fsp3) is 0.353. The van der Waals surface area contributed by atoms with Crippen LogP contribution in [0, 0.1) is 10.8 Å². The fourth-order valence-electron chi connectivity index (χ4n) is 3.17. The Kier molecular flexibility index (Phi) is 2.93. The summed E-state index contributed by atoms with van der Waals surface area (Å²) in [6.07, 6.45) is 13.2. The maximum absolute atomic E-state index is 8.57. The highest BCUT2D eigenvalue weighted by Gasteiger charge is 2.43. The summed E-state index contributed by atoms with van der Waals surface area (Å²) in [5.41, 5.74) is 11.8. The molecule has 4 N–H and O–H groups in total. The zero-order chi connectivity index (χ0) is 14.3. The molecule has 0 aromatic carbocycles. The zero-order valence-corrected chi connectivity index (χ0v) is 12.1. The lowest BCUT2D eigenvalue weighted by Gasteiger charge is -2.25. The van der Waals surface area contributed by atoms with Gasteiger partial charge in [0.15, 0.2) is 0 Å². The van der Waals surface area contributed by atoms with E-state index in [1.54, 1.807) is 0 Å². The molecule has 0 bridgehead atoms. The molecule has 0 radical (unpaired) electrons. The standard InChI is InChI=1S/C17H21N3/c1-11(12-7-3-4-8-13(12)18)15-16(19)17(2)10-6-5-9-14(17)20-15/h4-6,8-9,19-20H,3,7,10,18H2,1-2H3/b15-11+,19-16?. The van der Waals surface area contributed by atoms with Gasteiger partial charge in [-0.2, -0.15) is 0 Å². The molecule has 3 nitrogen and oxygen atoms in total. The van der Waals surface area contributed by atoms with Crippen LogP contribution in [0.15, 0.2) is 58.6 Å². The SMILES string of the molecule is C/C(C1=C(N)C=CCC1)=C1\NC2=CC=CCC2(C)C1=N. The predicted octanol–water partition coefficient (Wildman–Crippen LogP) is 3.30. The molecule has 0 spiro atoms. The van der Waals surface area contributed by atoms with Crippen LogP contribution in [0.3, 0.4) is 0 Å². The van der Waals surface area contributed by atoms with E-state index in [1.807, 2.05) is 6.08 Å². The second-order valence-corrected chi connectivity index (χ2v) is 5.92. The van der Waals surface area contributed by atoms with Crippen LogP contribution in [0.2, 0.25) is 0 Å². The third-order valence-electron chi connectivity index (χ3n) is 4.62. The van der Waals surface area contributed by atoms with E-state index < -0.39 is 0 Å². The van der Waals surface area contributed by atoms with E-state index in [2.05, 4.69) is 43.5 Å². The Balaban J connectivity index is 2.06. The monoisotopic (exact) mass is 267 g/mol. The second kappa shape index (κ2) is 4.51. The lowest BCUT2D eigenvalue weighted by Crippen LogP contribution is -2.24. The minimum atomic E-state index is -0.203. The summed E-state index contributed by atoms with van der Waals surface area (Å²) < 4.78 is 0. The normalized spacial score (nSPS) is 31.1. The molecule has 3 rings (SSSR count). The average molecular weight is 267 g/mol. The van der Waals surface area contributed by atoms with Gasteiger partial charge in [0.1, 0.15) is 0 Å². The van der Waals surface area contributed by atoms with Gasteiger partial charge in [-0.3, -0.25) is 0 Å². The third kappa shape index (κ3) is 1.77. The summed E-state index contributed by atoms with van der Waals surface area (Å²) in [6.45, 7) is 4.21. The molecule has 1 atom stereocenters. The lowest BCUT2D eigenvalue weighted by atomic mass is 9.78. The molecular formula is C17H21N3. The molecule has 1 saturated heterocycles. The highest BCUT2D eigenvalue weighted by molar-refractivity contribution is 6.08. The Hall–Kier alpha value is -2.03. The molecule has 1 heterocycles. The van der Waals surface area contributed by atoms with Crippen molar-refractivity contribution in [2.24, 2.45) is 11.1 Å². The maximum atomic E-state index is 8.57. The smallest absolute Gasteiger partial charge is 0.0672 e. The summed E-state index contributed by atoms with van der Waals surface area (Å²) in [5.74, 6) is 0. The van der Waals surface area contributed by atoms with Crippen molar-refractivity contribution in [2.75, 3.05) is 0 Å². The number of nitrogens with one attached hydrogen (secondary N) is 2. The van der Waals surface area contributed by atoms with E-state index >= 15 is 0 Å². The first kappa shape index (κ1) is 13.0. The van der Waals surface area contributed by atoms with Crippen LogP contribution >= 0.6 is 0 Å². The summed E-state index contributed by atoms with van der Waals surface area (Å²) >= 11 is 0. The molecule has 1 fully saturated rings. The van der Waals surface area contributed by atoms with Gasteiger partial charge in [-0.15, -0.1) is 0 Å². The van der Waals surface area contributed by atoms with Crippen LogP contribution < -0.4 is 11.1 Å². The fourth-order valence-corrected chi connectivity index (χ4v) is 3.17. The topological polar surface area (TPSA) is 61.9 Å². The third-order valence-corrected chi connectivity index (χ3v) is 4.62. The summed E-state index contributed by atoms with van der Waals surface area (Å²) in [4.78, 5) is 0. The summed E-state index contributed by atoms with van der Waals surface area (Å²) in [6, 6.07) is 0. The van der Waals surface area contributed by atoms with Crippen molar-refractivity contribution >= 4 is 5.71 Å². The first-order valence-corrected chi connectivity index (χ1v) is 7.14. The highest BCUT2D eigenvalue weighted by atomic mass is 15.0. The van der Waals surface area contributed by atoms with Crippen molar-refractivity contribution in [3.05, 3.63) is 58.6 Å². The van der Waals surface area contributed by atoms with Gasteiger partial charge in [0, 0.05) is 11.4 Å². The molecule has 3 aliphatic rings. The first-order chi connectivity index (χ1) is 9.54. The first-order valence-electron chi connectivity index (χ1n) is 7.14. The maximum Gasteiger partial charge on any atom is 0.0672 e. The highest BCUT2D eigenvalue weighted by Crippen LogP contribution is 2.43. The van der Waals surface area contributed by atoms with Crippen LogP contribution in [0.5, 0.6) is 0 Å². The molecule has 1 unspecified atom stereocenters. The van der Waals surface area contributed by atoms with E-state index in [1.165, 1.54) is 5.57 Å². The van der Waals surface area contributed by atoms with Gasteiger partial charge in [-0.25, -0.2) is 0 Å². The zero-order valence-electron chi connectivity index (χ0n) is 12.1. The van der Waals surface area contributed by atoms with Gasteiger partial charge in [-0.1, -0.05) is 18.2 Å². The Bertz CT molecular complexity index is 629. The van der Waals surface area contributed by atoms with Crippen LogP contribution in [0.1, 0.15) is 33.1 Å². The van der Waals surface area contributed by atoms with Crippen LogP contribution in [0.4, 0.5) is 0 Å². The molecule has 104 valence electrons. The van der Waals surface area contributed by atoms with Crippen molar-refractivity contribution in [2.45, 2.75) is 33.1 Å². The van der Waals surface area contributed by atoms with Crippen LogP contribution in [-0.2, 0) is 0 Å². The van der Waals surface area contributed by atoms with Crippen molar-refractivity contribution < 1.29 is 0 Å². The Morgan fingerprint density at radius 2 is 2.20 bits per heavy atom. The quantitative estimate of drug-likeness (QED) is 0.682. The van der Waals surface area contributed by atoms with Crippen molar-refractivity contribution in [1.82, 2.24) is 5.32 Å². The molecule has 0 aromatic rings. The van der Waals surface area contributed by atoms with E-state index in [-0.39, 0.29) is 5.41 Å². The number of hydrogen-bond donors (Lipinski definition) is 3. The molecule has 2 aliphatic carbocycles. The lowest BCUT2D eigenvalue weighted by molar-refractivity contribution is 0.559. The van der Waals surface area contributed by atoms with Crippen molar-refractivity contribution in [1.29, 1.82) is 5.41 Å². The number of nitrogens with two attached hydrogens (primary N) is 1. The Morgan fingerprint density at radius 1 is 1.40 bits per heavy atom. The van der Waals surface area contributed by atoms with E-state index in [0.717, 1.165) is 41.9 Å². The molecule has 20 heavy (non-hydrogen) atoms. The molecular weight excluding hydrogens is 246 g/mol. The van der Waals surface area contributed by atoms with Gasteiger partial charge in [0.25, 0.3) is 0 Å². The number of rotatable bonds is 1. The van der Waals surface area contributed by atoms with Gasteiger partial charge in [0.2, 0.25) is 0 Å². The summed E-state index contributed by atoms with van der Waals surface area (Å²) in [5, 5.41) is 12.0. The van der Waals surface area contributed by atoms with E-state index in [0.29, 0.717) is 5.71 Å². The van der Waals surface area contributed by atoms with Crippen molar-refractivity contribution in [3.8, 4) is 0 Å². The molecule has 0 amide bonds. The largest absolute Gasteiger partial charge is 0.399 e. The van der Waals surface area contributed by atoms with Crippen LogP contribution in [0.25, 0.3) is 0 Å². The molecule has 0 saturated carbocycles.